The number of fused-ring (bicyclic) bond motifs is 1. The van der Waals surface area contributed by atoms with Crippen molar-refractivity contribution in [3.8, 4) is 6.07 Å². The summed E-state index contributed by atoms with van der Waals surface area (Å²) in [6.45, 7) is 17.0. The van der Waals surface area contributed by atoms with Crippen molar-refractivity contribution in [2.75, 3.05) is 11.9 Å². The molecule has 0 saturated carbocycles. The number of benzene rings is 1. The number of anilines is 1. The molecule has 2 N–H and O–H groups in total. The average molecular weight is 709 g/mol. The lowest BCUT2D eigenvalue weighted by Crippen LogP contribution is -2.39. The Morgan fingerprint density at radius 1 is 1.10 bits per heavy atom. The van der Waals surface area contributed by atoms with Gasteiger partial charge in [0.05, 0.1) is 26.8 Å². The molecular formula is C39H54F2N6O2S. The molecular weight excluding hydrogens is 655 g/mol. The molecule has 11 heteroatoms. The van der Waals surface area contributed by atoms with Gasteiger partial charge in [0.15, 0.2) is 0 Å². The number of hydrogen-bond acceptors (Lipinski definition) is 6. The van der Waals surface area contributed by atoms with E-state index in [1.54, 1.807) is 11.0 Å². The Hall–Kier alpha value is -3.62. The first kappa shape index (κ1) is 39.2. The van der Waals surface area contributed by atoms with Crippen LogP contribution in [0.25, 0.3) is 11.0 Å². The number of rotatable bonds is 15. The normalized spacial score (nSPS) is 16.3. The van der Waals surface area contributed by atoms with Crippen molar-refractivity contribution in [3.63, 3.8) is 0 Å². The molecule has 272 valence electrons. The Morgan fingerprint density at radius 2 is 1.84 bits per heavy atom. The van der Waals surface area contributed by atoms with E-state index in [9.17, 15) is 23.6 Å². The van der Waals surface area contributed by atoms with Gasteiger partial charge in [0.25, 0.3) is 18.2 Å². The van der Waals surface area contributed by atoms with Crippen LogP contribution < -0.4 is 10.6 Å². The van der Waals surface area contributed by atoms with Gasteiger partial charge in [0.2, 0.25) is 5.95 Å². The molecule has 2 atom stereocenters. The zero-order chi connectivity index (χ0) is 36.6. The van der Waals surface area contributed by atoms with Crippen LogP contribution in [0.2, 0.25) is 0 Å². The second-order valence-corrected chi connectivity index (χ2v) is 16.9. The molecule has 4 rings (SSSR count). The molecule has 8 nitrogen and oxygen atoms in total. The van der Waals surface area contributed by atoms with Gasteiger partial charge in [-0.15, -0.1) is 11.3 Å². The second-order valence-electron chi connectivity index (χ2n) is 15.8. The third kappa shape index (κ3) is 10.7. The number of amides is 2. The maximum atomic E-state index is 13.7. The number of nitrogens with zero attached hydrogens (tertiary/aromatic N) is 4. The van der Waals surface area contributed by atoms with Crippen LogP contribution in [-0.4, -0.2) is 44.9 Å². The van der Waals surface area contributed by atoms with Gasteiger partial charge in [-0.25, -0.2) is 13.8 Å². The largest absolute Gasteiger partial charge is 0.333 e. The summed E-state index contributed by atoms with van der Waals surface area (Å²) in [7, 11) is 0. The lowest BCUT2D eigenvalue weighted by molar-refractivity contribution is -0.127. The van der Waals surface area contributed by atoms with E-state index in [0.717, 1.165) is 54.5 Å². The minimum atomic E-state index is -2.66. The number of carbonyl (C=O) groups excluding carboxylic acids is 2. The lowest BCUT2D eigenvalue weighted by Gasteiger charge is -2.28. The van der Waals surface area contributed by atoms with Crippen LogP contribution in [-0.2, 0) is 17.9 Å². The first-order valence-corrected chi connectivity index (χ1v) is 18.7. The van der Waals surface area contributed by atoms with Crippen molar-refractivity contribution >= 4 is 40.1 Å². The number of nitrogens with one attached hydrogen (secondary N) is 2. The first-order valence-electron chi connectivity index (χ1n) is 17.9. The van der Waals surface area contributed by atoms with E-state index in [0.29, 0.717) is 37.0 Å². The molecule has 0 unspecified atom stereocenters. The third-order valence-electron chi connectivity index (χ3n) is 9.63. The van der Waals surface area contributed by atoms with E-state index in [-0.39, 0.29) is 44.7 Å². The molecule has 3 heterocycles. The van der Waals surface area contributed by atoms with Crippen LogP contribution in [0.15, 0.2) is 42.0 Å². The molecule has 0 spiro atoms. The number of carbonyl (C=O) groups is 2. The average Bonchev–Trinajstić information content (AvgIpc) is 3.80. The summed E-state index contributed by atoms with van der Waals surface area (Å²) < 4.78 is 28.4. The molecule has 3 aromatic rings. The van der Waals surface area contributed by atoms with Gasteiger partial charge in [-0.3, -0.25) is 14.9 Å². The summed E-state index contributed by atoms with van der Waals surface area (Å²) in [6.07, 6.45) is 6.85. The number of aromatic nitrogens is 2. The van der Waals surface area contributed by atoms with Gasteiger partial charge in [-0.2, -0.15) is 5.26 Å². The molecule has 50 heavy (non-hydrogen) atoms. The molecule has 0 radical (unpaired) electrons. The van der Waals surface area contributed by atoms with Gasteiger partial charge in [0.1, 0.15) is 11.6 Å². The molecule has 1 aliphatic rings. The van der Waals surface area contributed by atoms with Crippen LogP contribution in [0.1, 0.15) is 126 Å². The Morgan fingerprint density at radius 3 is 2.50 bits per heavy atom. The number of alkyl halides is 2. The van der Waals surface area contributed by atoms with Crippen LogP contribution in [0.3, 0.4) is 0 Å². The number of likely N-dealkylation sites (tertiary alicyclic amines) is 1. The fourth-order valence-corrected chi connectivity index (χ4v) is 6.90. The Bertz CT molecular complexity index is 1690. The van der Waals surface area contributed by atoms with E-state index >= 15 is 0 Å². The van der Waals surface area contributed by atoms with Crippen molar-refractivity contribution in [1.82, 2.24) is 19.8 Å². The van der Waals surface area contributed by atoms with E-state index in [1.807, 2.05) is 22.8 Å². The Labute approximate surface area is 300 Å². The number of halogens is 2. The third-order valence-corrected chi connectivity index (χ3v) is 10.7. The summed E-state index contributed by atoms with van der Waals surface area (Å²) in [5.41, 5.74) is 3.09. The highest BCUT2D eigenvalue weighted by atomic mass is 32.1. The first-order chi connectivity index (χ1) is 23.6. The van der Waals surface area contributed by atoms with Gasteiger partial charge in [-0.05, 0) is 79.7 Å². The van der Waals surface area contributed by atoms with Gasteiger partial charge in [0, 0.05) is 25.7 Å². The highest BCUT2D eigenvalue weighted by molar-refractivity contribution is 7.14. The number of unbranched alkanes of at least 4 members (excludes halogenated alkanes) is 4. The molecule has 1 saturated heterocycles. The van der Waals surface area contributed by atoms with E-state index in [1.165, 1.54) is 25.0 Å². The van der Waals surface area contributed by atoms with Gasteiger partial charge < -0.3 is 14.8 Å². The molecule has 0 bridgehead atoms. The molecule has 1 fully saturated rings. The highest BCUT2D eigenvalue weighted by Crippen LogP contribution is 2.30. The number of imidazole rings is 1. The Kier molecular flexibility index (Phi) is 13.4. The molecule has 2 amide bonds. The summed E-state index contributed by atoms with van der Waals surface area (Å²) in [4.78, 5) is 33.5. The smallest absolute Gasteiger partial charge is 0.272 e. The van der Waals surface area contributed by atoms with E-state index < -0.39 is 12.3 Å². The number of allylic oxidation sites excluding steroid dienone is 1. The van der Waals surface area contributed by atoms with Gasteiger partial charge in [-0.1, -0.05) is 72.9 Å². The van der Waals surface area contributed by atoms with E-state index in [4.69, 9.17) is 4.98 Å². The van der Waals surface area contributed by atoms with Crippen molar-refractivity contribution in [1.29, 1.82) is 5.26 Å². The zero-order valence-corrected chi connectivity index (χ0v) is 31.6. The van der Waals surface area contributed by atoms with Gasteiger partial charge >= 0.3 is 0 Å². The summed E-state index contributed by atoms with van der Waals surface area (Å²) >= 11 is 0.753. The maximum Gasteiger partial charge on any atom is 0.272 e. The fraction of sp³-hybridized carbons (Fsp3) is 0.590. The predicted octanol–water partition coefficient (Wildman–Crippen LogP) is 9.64. The highest BCUT2D eigenvalue weighted by Gasteiger charge is 2.32. The minimum absolute atomic E-state index is 0.0895. The summed E-state index contributed by atoms with van der Waals surface area (Å²) in [6, 6.07) is 10.8. The molecule has 2 aromatic heterocycles. The number of thiophene rings is 1. The monoisotopic (exact) mass is 708 g/mol. The summed E-state index contributed by atoms with van der Waals surface area (Å²) in [5, 5.41) is 16.4. The van der Waals surface area contributed by atoms with Crippen molar-refractivity contribution in [2.45, 2.75) is 131 Å². The standard InChI is InChI=1S/C39H54F2N6O2S/c1-26(39(5,6)7)43-24-27-16-17-31-30(22-27)44-37(45-35(48)33-19-18-32(50-33)34(40)41)47(31)25-29-15-13-21-46(29)36(49)28(23-42)14-11-9-8-10-12-20-38(2,3)4/h14,16-19,22,26,29,34,43H,8-13,15,20-21,24-25H2,1-7H3,(H,44,45,48)/b28-14+/t26-,29+/m0/s1. The molecule has 1 aromatic carbocycles. The Balaban J connectivity index is 1.53. The van der Waals surface area contributed by atoms with Crippen molar-refractivity contribution < 1.29 is 18.4 Å². The SMILES string of the molecule is C[C@H](NCc1ccc2c(c1)nc(NC(=O)c1ccc(C(F)F)s1)n2C[C@H]1CCCN1C(=O)/C(C#N)=C/CCCCCCC(C)(C)C)C(C)(C)C. The van der Waals surface area contributed by atoms with Crippen LogP contribution in [0.5, 0.6) is 0 Å². The topological polar surface area (TPSA) is 103 Å². The number of hydrogen-bond donors (Lipinski definition) is 2. The quantitative estimate of drug-likeness (QED) is 0.0930. The predicted molar refractivity (Wildman–Crippen MR) is 198 cm³/mol. The number of nitriles is 1. The summed E-state index contributed by atoms with van der Waals surface area (Å²) in [5.74, 6) is -0.504. The second kappa shape index (κ2) is 17.1. The van der Waals surface area contributed by atoms with Crippen molar-refractivity contribution in [3.05, 3.63) is 57.3 Å². The van der Waals surface area contributed by atoms with Crippen LogP contribution in [0, 0.1) is 22.2 Å². The van der Waals surface area contributed by atoms with E-state index in [2.05, 4.69) is 65.2 Å². The van der Waals surface area contributed by atoms with Crippen LogP contribution in [0.4, 0.5) is 14.7 Å². The van der Waals surface area contributed by atoms with Crippen molar-refractivity contribution in [2.24, 2.45) is 10.8 Å². The zero-order valence-electron chi connectivity index (χ0n) is 30.7. The minimum Gasteiger partial charge on any atom is -0.333 e. The molecule has 1 aliphatic heterocycles. The maximum absolute atomic E-state index is 13.7. The molecule has 0 aliphatic carbocycles. The fourth-order valence-electron chi connectivity index (χ4n) is 6.14. The van der Waals surface area contributed by atoms with Crippen LogP contribution >= 0.6 is 11.3 Å². The lowest BCUT2D eigenvalue weighted by atomic mass is 9.88.